The van der Waals surface area contributed by atoms with E-state index in [9.17, 15) is 28.5 Å². The molecule has 2 amide bonds. The van der Waals surface area contributed by atoms with Crippen molar-refractivity contribution in [3.63, 3.8) is 0 Å². The van der Waals surface area contributed by atoms with E-state index in [-0.39, 0.29) is 36.0 Å². The number of rotatable bonds is 12. The van der Waals surface area contributed by atoms with Crippen LogP contribution in [0.15, 0.2) is 110 Å². The third-order valence-corrected chi connectivity index (χ3v) is 18.6. The number of aromatic nitrogens is 10. The summed E-state index contributed by atoms with van der Waals surface area (Å²) in [4.78, 5) is 60.0. The fourth-order valence-corrected chi connectivity index (χ4v) is 12.9. The van der Waals surface area contributed by atoms with E-state index in [0.29, 0.717) is 59.8 Å². The van der Waals surface area contributed by atoms with Crippen LogP contribution in [0, 0.1) is 34.3 Å². The van der Waals surface area contributed by atoms with Gasteiger partial charge in [-0.1, -0.05) is 59.1 Å². The maximum absolute atomic E-state index is 13.5. The zero-order chi connectivity index (χ0) is 66.3. The predicted molar refractivity (Wildman–Crippen MR) is 373 cm³/mol. The van der Waals surface area contributed by atoms with E-state index >= 15 is 0 Å². The average Bonchev–Trinajstić information content (AvgIpc) is 1.64. The lowest BCUT2D eigenvalue weighted by Crippen LogP contribution is -2.51. The molecule has 4 saturated heterocycles. The second-order valence-corrected chi connectivity index (χ2v) is 24.1. The number of alkyl halides is 2. The van der Waals surface area contributed by atoms with Gasteiger partial charge in [0.1, 0.15) is 79.5 Å². The topological polar surface area (TPSA) is 214 Å². The molecule has 0 atom stereocenters. The molecule has 4 aliphatic heterocycles. The molecule has 19 nitrogen and oxygen atoms in total. The summed E-state index contributed by atoms with van der Waals surface area (Å²) in [6.45, 7) is 11.9. The van der Waals surface area contributed by atoms with Gasteiger partial charge in [-0.2, -0.15) is 10.5 Å². The molecule has 0 saturated carbocycles. The summed E-state index contributed by atoms with van der Waals surface area (Å²) in [6, 6.07) is 24.8. The number of piperidine rings is 2. The van der Waals surface area contributed by atoms with Crippen LogP contribution in [0.1, 0.15) is 99.7 Å². The minimum atomic E-state index is -1.00. The summed E-state index contributed by atoms with van der Waals surface area (Å²) in [7, 11) is 2.85. The number of nitrogens with one attached hydrogen (secondary N) is 2. The van der Waals surface area contributed by atoms with Crippen molar-refractivity contribution in [2.24, 2.45) is 0 Å². The number of urea groups is 1. The van der Waals surface area contributed by atoms with Gasteiger partial charge in [0.2, 0.25) is 0 Å². The Morgan fingerprint density at radius 3 is 1.33 bits per heavy atom. The van der Waals surface area contributed by atoms with E-state index in [2.05, 4.69) is 47.2 Å². The molecule has 0 radical (unpaired) electrons. The highest BCUT2D eigenvalue weighted by atomic mass is 127. The van der Waals surface area contributed by atoms with Crippen LogP contribution in [-0.4, -0.2) is 143 Å². The Hall–Kier alpha value is -8.18. The van der Waals surface area contributed by atoms with Crippen molar-refractivity contribution < 1.29 is 20.7 Å². The van der Waals surface area contributed by atoms with Crippen LogP contribution < -0.4 is 20.4 Å². The lowest BCUT2D eigenvalue weighted by atomic mass is 9.96. The number of fused-ring (bicyclic) bond motifs is 2. The molecule has 8 aromatic heterocycles. The molecule has 10 aromatic rings. The Kier molecular flexibility index (Phi) is 23.2. The van der Waals surface area contributed by atoms with Crippen molar-refractivity contribution >= 4 is 96.9 Å². The first-order chi connectivity index (χ1) is 45.8. The molecule has 0 unspecified atom stereocenters. The number of thiazole rings is 2. The van der Waals surface area contributed by atoms with Crippen LogP contribution in [0.4, 0.5) is 39.9 Å². The first-order valence-corrected chi connectivity index (χ1v) is 33.6. The number of nitriles is 2. The Balaban J connectivity index is 0.000000195. The molecule has 0 bridgehead atoms. The third-order valence-electron chi connectivity index (χ3n) is 16.6. The number of nitrogens with zero attached hydrogens (tertiary/aromatic N) is 16. The number of pyridine rings is 2. The quantitative estimate of drug-likeness (QED) is 0.0860. The molecular weight excluding hydrogens is 1360 g/mol. The highest BCUT2D eigenvalue weighted by Crippen LogP contribution is 2.40. The first-order valence-electron chi connectivity index (χ1n) is 31.9. The summed E-state index contributed by atoms with van der Waals surface area (Å²) >= 11 is 4.55. The van der Waals surface area contributed by atoms with Crippen molar-refractivity contribution in [2.45, 2.75) is 77.0 Å². The van der Waals surface area contributed by atoms with Crippen molar-refractivity contribution in [2.75, 3.05) is 88.3 Å². The van der Waals surface area contributed by atoms with Gasteiger partial charge in [-0.3, -0.25) is 13.2 Å². The van der Waals surface area contributed by atoms with Gasteiger partial charge in [-0.05, 0) is 155 Å². The second-order valence-electron chi connectivity index (χ2n) is 22.1. The van der Waals surface area contributed by atoms with E-state index < -0.39 is 7.15 Å². The van der Waals surface area contributed by atoms with Crippen molar-refractivity contribution in [1.82, 2.24) is 69.1 Å². The molecule has 0 spiro atoms. The molecule has 2 N–H and O–H groups in total. The number of likely N-dealkylation sites (tertiary alicyclic amines) is 2. The monoisotopic (exact) mass is 1430 g/mol. The number of aryl methyl sites for hydroxylation is 2. The van der Waals surface area contributed by atoms with Crippen LogP contribution in [0.25, 0.3) is 56.1 Å². The summed E-state index contributed by atoms with van der Waals surface area (Å²) in [6.07, 6.45) is 19.4. The van der Waals surface area contributed by atoms with Gasteiger partial charge in [0, 0.05) is 124 Å². The molecule has 0 aliphatic carbocycles. The maximum Gasteiger partial charge on any atom is 0.320 e. The average molecular weight is 1430 g/mol. The summed E-state index contributed by atoms with van der Waals surface area (Å²) < 4.78 is 52.8. The highest BCUT2D eigenvalue weighted by molar-refractivity contribution is 14.1. The van der Waals surface area contributed by atoms with Crippen LogP contribution in [0.5, 0.6) is 0 Å². The largest absolute Gasteiger partial charge is 0.325 e. The fraction of sp³-hybridized carbons (Fsp3) is 0.358. The van der Waals surface area contributed by atoms with Crippen LogP contribution in [0.2, 0.25) is 0 Å². The predicted octanol–water partition coefficient (Wildman–Crippen LogP) is 14.0. The Morgan fingerprint density at radius 2 is 0.978 bits per heavy atom. The molecule has 14 rings (SSSR count). The van der Waals surface area contributed by atoms with Crippen LogP contribution in [0.3, 0.4) is 0 Å². The normalized spacial score (nSPS) is 14.7. The lowest BCUT2D eigenvalue weighted by Gasteiger charge is -2.39. The SMILES string of the molecule is C1CNC1.CCc1nc2ccc(-c3cnc(C4CCN(C(=O)N5CCC5)CC4)nc3)cn2c1N(C)c1nc(-c2ccc(F)cc2)c(C#N)s1.CCc1nc2ccc(-c3cnc(C4CCNCC4)nc3)cn2c1N(C)c1nc(-c2ccc(F)cc2)c(C#N)s1.Cl.[2H]CF.[2H]CI. The van der Waals surface area contributed by atoms with E-state index in [0.717, 1.165) is 146 Å². The van der Waals surface area contributed by atoms with Gasteiger partial charge in [0.05, 0.1) is 19.9 Å². The summed E-state index contributed by atoms with van der Waals surface area (Å²) in [5.41, 5.74) is 9.67. The van der Waals surface area contributed by atoms with Crippen molar-refractivity contribution in [3.8, 4) is 56.9 Å². The number of imidazole rings is 2. The van der Waals surface area contributed by atoms with E-state index in [1.807, 2.05) is 116 Å². The number of hydrogen-bond acceptors (Lipinski definition) is 17. The van der Waals surface area contributed by atoms with Gasteiger partial charge >= 0.3 is 6.03 Å². The third kappa shape index (κ3) is 15.6. The van der Waals surface area contributed by atoms with Crippen LogP contribution >= 0.6 is 57.7 Å². The Bertz CT molecular complexity index is 4230. The van der Waals surface area contributed by atoms with Crippen molar-refractivity contribution in [1.29, 1.82) is 10.5 Å². The smallest absolute Gasteiger partial charge is 0.320 e. The fourth-order valence-electron chi connectivity index (χ4n) is 11.2. The number of carbonyl (C=O) groups excluding carboxylic acids is 1. The highest BCUT2D eigenvalue weighted by Gasteiger charge is 2.31. The number of amides is 2. The Labute approximate surface area is 570 Å². The molecule has 93 heavy (non-hydrogen) atoms. The summed E-state index contributed by atoms with van der Waals surface area (Å²) in [5, 5.41) is 27.4. The van der Waals surface area contributed by atoms with E-state index in [4.69, 9.17) is 42.6 Å². The van der Waals surface area contributed by atoms with E-state index in [1.165, 1.54) is 66.4 Å². The second kappa shape index (κ2) is 32.6. The molecule has 2 aromatic carbocycles. The molecule has 26 heteroatoms. The van der Waals surface area contributed by atoms with Gasteiger partial charge in [0.25, 0.3) is 0 Å². The molecule has 4 aliphatic rings. The van der Waals surface area contributed by atoms with Gasteiger partial charge in [-0.25, -0.2) is 53.4 Å². The van der Waals surface area contributed by atoms with Crippen LogP contribution in [-0.2, 0) is 12.8 Å². The van der Waals surface area contributed by atoms with Crippen molar-refractivity contribution in [3.05, 3.63) is 154 Å². The number of anilines is 4. The molecule has 12 heterocycles. The minimum absolute atomic E-state index is 0. The molecule has 4 fully saturated rings. The standard InChI is InChI=1S/C33H32FN9OS.C29H27FN8S.C3H7N.CH3F.CH3I.ClH/c1-3-26-31(40(2)32-39-29(27(17-35)45-32)21-5-8-25(34)9-6-21)43-20-23(7-10-28(43)38-26)24-18-36-30(37-19-24)22-11-15-42(16-12-22)33(44)41-13-4-14-41;1-3-23-28(37(2)29-36-26(24(14-31)39-29)18-4-7-22(30)8-5-18)38-17-20(6-9-25(38)35-23)21-15-33-27(34-16-21)19-10-12-32-13-11-19;1-2-4-3-1;2*1-2;/h5-10,18-20,22H,3-4,11-16H2,1-2H3;4-9,15-17,19,32H,3,10-13H2,1-2H3;4H,1-3H2;2*1H3;1H/i;;;2*1D;. The zero-order valence-corrected chi connectivity index (χ0v) is 56.7. The zero-order valence-electron chi connectivity index (χ0n) is 54.1. The van der Waals surface area contributed by atoms with Gasteiger partial charge < -0.3 is 30.2 Å². The first kappa shape index (κ1) is 66.3. The van der Waals surface area contributed by atoms with Gasteiger partial charge in [-0.15, -0.1) is 12.4 Å². The molecule has 484 valence electrons. The summed E-state index contributed by atoms with van der Waals surface area (Å²) in [5.74, 6) is 3.44. The number of carbonyl (C=O) groups is 1. The Morgan fingerprint density at radius 1 is 0.602 bits per heavy atom. The number of benzene rings is 2. The lowest BCUT2D eigenvalue weighted by molar-refractivity contribution is 0.116. The maximum atomic E-state index is 13.5. The molecular formula is C67H73ClF3IN18OS2. The number of halogens is 5. The minimum Gasteiger partial charge on any atom is -0.325 e. The van der Waals surface area contributed by atoms with Gasteiger partial charge in [0.15, 0.2) is 10.3 Å². The van der Waals surface area contributed by atoms with E-state index in [1.54, 1.807) is 24.3 Å². The number of hydrogen-bond donors (Lipinski definition) is 2.